The Kier molecular flexibility index (Phi) is 36.4. The first kappa shape index (κ1) is 55.2. The average Bonchev–Trinajstić information content (AvgIpc) is 3.29. The molecule has 0 amide bonds. The molecule has 0 bridgehead atoms. The van der Waals surface area contributed by atoms with Gasteiger partial charge in [0.15, 0.2) is 0 Å². The van der Waals surface area contributed by atoms with E-state index < -0.39 is 0 Å². The fourth-order valence-electron chi connectivity index (χ4n) is 9.09. The molecule has 2 heteroatoms. The number of allylic oxidation sites excluding steroid dienone is 4. The Hall–Kier alpha value is -2.92. The van der Waals surface area contributed by atoms with Crippen LogP contribution in [-0.2, 0) is 12.8 Å². The summed E-state index contributed by atoms with van der Waals surface area (Å²) in [6.07, 6.45) is 55.4. The molecular formula is C60H98N2. The number of nitrogens with zero attached hydrogens (tertiary/aromatic N) is 2. The molecule has 348 valence electrons. The molecule has 2 aromatic carbocycles. The molecule has 2 aromatic rings. The highest BCUT2D eigenvalue weighted by Crippen LogP contribution is 2.34. The lowest BCUT2D eigenvalue weighted by atomic mass is 9.86. The van der Waals surface area contributed by atoms with Gasteiger partial charge < -0.3 is 5.53 Å². The maximum absolute atomic E-state index is 9.89. The summed E-state index contributed by atoms with van der Waals surface area (Å²) in [6.45, 7) is 9.11. The lowest BCUT2D eigenvalue weighted by Gasteiger charge is -2.16. The monoisotopic (exact) mass is 847 g/mol. The van der Waals surface area contributed by atoms with E-state index in [1.165, 1.54) is 240 Å². The van der Waals surface area contributed by atoms with Crippen LogP contribution in [0.15, 0.2) is 71.8 Å². The molecule has 0 heterocycles. The predicted octanol–water partition coefficient (Wildman–Crippen LogP) is 20.1. The van der Waals surface area contributed by atoms with Crippen molar-refractivity contribution in [3.63, 3.8) is 0 Å². The summed E-state index contributed by atoms with van der Waals surface area (Å²) in [5.74, 6) is 3.07. The summed E-state index contributed by atoms with van der Waals surface area (Å²) in [5.41, 5.74) is 18.5. The minimum atomic E-state index is 0.858. The van der Waals surface area contributed by atoms with Gasteiger partial charge in [0.25, 0.3) is 0 Å². The fraction of sp³-hybridized carbons (Fsp3) is 0.700. The van der Waals surface area contributed by atoms with E-state index in [0.717, 1.165) is 43.3 Å². The van der Waals surface area contributed by atoms with Crippen molar-refractivity contribution >= 4 is 11.4 Å². The third-order valence-electron chi connectivity index (χ3n) is 13.2. The van der Waals surface area contributed by atoms with Gasteiger partial charge in [0, 0.05) is 5.57 Å². The number of rotatable bonds is 42. The van der Waals surface area contributed by atoms with Crippen molar-refractivity contribution in [3.8, 4) is 0 Å². The highest BCUT2D eigenvalue weighted by atomic mass is 14.8. The van der Waals surface area contributed by atoms with E-state index in [9.17, 15) is 5.53 Å². The Morgan fingerprint density at radius 2 is 0.758 bits per heavy atom. The number of unbranched alkanes of at least 4 members (excludes halogenated alkanes) is 31. The molecule has 0 fully saturated rings. The van der Waals surface area contributed by atoms with E-state index in [-0.39, 0.29) is 0 Å². The van der Waals surface area contributed by atoms with Crippen LogP contribution >= 0.6 is 0 Å². The third kappa shape index (κ3) is 28.0. The van der Waals surface area contributed by atoms with Gasteiger partial charge >= 0.3 is 5.87 Å². The summed E-state index contributed by atoms with van der Waals surface area (Å²) in [4.78, 5) is 3.52. The first-order valence-corrected chi connectivity index (χ1v) is 27.2. The van der Waals surface area contributed by atoms with Gasteiger partial charge in [-0.15, -0.1) is 4.79 Å². The largest absolute Gasteiger partial charge is 0.348 e. The first-order chi connectivity index (χ1) is 30.7. The van der Waals surface area contributed by atoms with Gasteiger partial charge in [-0.3, -0.25) is 0 Å². The molecule has 0 saturated carbocycles. The topological polar surface area (TPSA) is 36.4 Å². The zero-order valence-corrected chi connectivity index (χ0v) is 41.5. The molecule has 0 aromatic heterocycles. The van der Waals surface area contributed by atoms with Crippen molar-refractivity contribution in [3.05, 3.63) is 99.6 Å². The van der Waals surface area contributed by atoms with Crippen LogP contribution in [0.4, 0.5) is 0 Å². The van der Waals surface area contributed by atoms with Crippen molar-refractivity contribution in [2.24, 2.45) is 0 Å². The number of benzene rings is 2. The zero-order valence-electron chi connectivity index (χ0n) is 41.5. The molecule has 0 N–H and O–H groups in total. The van der Waals surface area contributed by atoms with Crippen LogP contribution in [0.3, 0.4) is 0 Å². The van der Waals surface area contributed by atoms with Gasteiger partial charge in [0.05, 0.1) is 5.57 Å². The molecule has 62 heavy (non-hydrogen) atoms. The number of hydrogen-bond acceptors (Lipinski definition) is 0. The number of hydrogen-bond donors (Lipinski definition) is 0. The second-order valence-corrected chi connectivity index (χ2v) is 18.9. The lowest BCUT2D eigenvalue weighted by molar-refractivity contribution is 0.00742. The highest BCUT2D eigenvalue weighted by Gasteiger charge is 2.17. The molecule has 0 aliphatic carbocycles. The van der Waals surface area contributed by atoms with Gasteiger partial charge in [-0.1, -0.05) is 281 Å². The second kappa shape index (κ2) is 40.8. The Balaban J connectivity index is 1.83. The molecule has 0 aliphatic heterocycles. The maximum atomic E-state index is 9.89. The van der Waals surface area contributed by atoms with Crippen molar-refractivity contribution in [1.29, 1.82) is 0 Å². The van der Waals surface area contributed by atoms with Crippen LogP contribution in [-0.4, -0.2) is 10.7 Å². The summed E-state index contributed by atoms with van der Waals surface area (Å²) >= 11 is 0. The van der Waals surface area contributed by atoms with Gasteiger partial charge in [-0.05, 0) is 79.2 Å². The van der Waals surface area contributed by atoms with E-state index in [1.54, 1.807) is 0 Å². The molecule has 0 saturated heterocycles. The predicted molar refractivity (Wildman–Crippen MR) is 277 cm³/mol. The summed E-state index contributed by atoms with van der Waals surface area (Å²) in [5, 5.41) is 0. The van der Waals surface area contributed by atoms with Crippen molar-refractivity contribution < 1.29 is 4.79 Å². The highest BCUT2D eigenvalue weighted by molar-refractivity contribution is 5.88. The Labute approximate surface area is 386 Å². The number of aryl methyl sites for hydroxylation is 2. The average molecular weight is 847 g/mol. The second-order valence-electron chi connectivity index (χ2n) is 18.9. The van der Waals surface area contributed by atoms with Gasteiger partial charge in [0.2, 0.25) is 0 Å². The van der Waals surface area contributed by atoms with Crippen LogP contribution in [0.1, 0.15) is 281 Å². The molecule has 0 unspecified atom stereocenters. The van der Waals surface area contributed by atoms with E-state index in [4.69, 9.17) is 0 Å². The molecule has 2 nitrogen and oxygen atoms in total. The van der Waals surface area contributed by atoms with Crippen LogP contribution in [0.25, 0.3) is 11.1 Å². The fourth-order valence-corrected chi connectivity index (χ4v) is 9.09. The van der Waals surface area contributed by atoms with Crippen molar-refractivity contribution in [2.75, 3.05) is 0 Å². The summed E-state index contributed by atoms with van der Waals surface area (Å²) in [6, 6.07) is 18.6. The molecule has 0 aliphatic rings. The Morgan fingerprint density at radius 1 is 0.419 bits per heavy atom. The molecule has 2 rings (SSSR count). The summed E-state index contributed by atoms with van der Waals surface area (Å²) in [7, 11) is 0. The van der Waals surface area contributed by atoms with E-state index in [0.29, 0.717) is 0 Å². The molecule has 0 spiro atoms. The maximum Gasteiger partial charge on any atom is 0.303 e. The van der Waals surface area contributed by atoms with E-state index >= 15 is 0 Å². The summed E-state index contributed by atoms with van der Waals surface area (Å²) < 4.78 is 0. The van der Waals surface area contributed by atoms with Gasteiger partial charge in [-0.2, -0.15) is 0 Å². The quantitative estimate of drug-likeness (QED) is 0.0210. The molecule has 0 atom stereocenters. The Bertz CT molecular complexity index is 1460. The van der Waals surface area contributed by atoms with E-state index in [1.807, 2.05) is 0 Å². The van der Waals surface area contributed by atoms with Crippen LogP contribution in [0, 0.1) is 0 Å². The zero-order chi connectivity index (χ0) is 44.4. The van der Waals surface area contributed by atoms with Gasteiger partial charge in [-0.25, -0.2) is 0 Å². The molecular weight excluding hydrogens is 749 g/mol. The van der Waals surface area contributed by atoms with Crippen molar-refractivity contribution in [2.45, 2.75) is 272 Å². The van der Waals surface area contributed by atoms with Gasteiger partial charge in [0.1, 0.15) is 0 Å². The van der Waals surface area contributed by atoms with Crippen LogP contribution in [0.2, 0.25) is 0 Å². The van der Waals surface area contributed by atoms with Crippen LogP contribution in [0.5, 0.6) is 0 Å². The standard InChI is InChI=1S/C60H98N2/c1-5-9-13-15-16-17-18-19-20-21-22-23-24-25-26-27-28-29-30-31-32-33-34-35-36-37-40-44-59(58(53-62-61)43-39-14-10-6-2)60(56-49-45-54(46-50-56)41-12-8-4)57-51-47-55(48-52-57)42-38-11-7-3/h40,44-52H,5-39,41-43H2,1-4H3. The van der Waals surface area contributed by atoms with E-state index in [2.05, 4.69) is 99.0 Å². The van der Waals surface area contributed by atoms with Crippen molar-refractivity contribution in [1.82, 2.24) is 0 Å². The first-order valence-electron chi connectivity index (χ1n) is 27.2. The molecule has 0 radical (unpaired) electrons. The van der Waals surface area contributed by atoms with Crippen LogP contribution < -0.4 is 0 Å². The SMILES string of the molecule is CCCCCCCCCCCCCCCCCCCCCCCCCCCC=CC(C(=C=[N+]=[N-])CCCCCC)=C(c1ccc(CCCC)cc1)c1ccc(CCCCC)cc1. The Morgan fingerprint density at radius 3 is 1.15 bits per heavy atom. The normalized spacial score (nSPS) is 11.9. The minimum absolute atomic E-state index is 0.858. The lowest BCUT2D eigenvalue weighted by Crippen LogP contribution is -2.00. The smallest absolute Gasteiger partial charge is 0.303 e. The third-order valence-corrected chi connectivity index (χ3v) is 13.2. The minimum Gasteiger partial charge on any atom is -0.348 e.